The van der Waals surface area contributed by atoms with Crippen molar-refractivity contribution >= 4 is 5.97 Å². The van der Waals surface area contributed by atoms with Crippen molar-refractivity contribution in [2.24, 2.45) is 5.41 Å². The molecule has 0 aliphatic rings. The lowest BCUT2D eigenvalue weighted by Crippen LogP contribution is -2.04. The Bertz CT molecular complexity index is 285. The minimum atomic E-state index is -0.330. The molecule has 0 radical (unpaired) electrons. The first-order valence-corrected chi connectivity index (χ1v) is 4.55. The third-order valence-electron chi connectivity index (χ3n) is 1.58. The van der Waals surface area contributed by atoms with Crippen molar-refractivity contribution in [2.75, 3.05) is 7.11 Å². The Morgan fingerprint density at radius 1 is 1.36 bits per heavy atom. The molecule has 0 aromatic rings. The van der Waals surface area contributed by atoms with Crippen molar-refractivity contribution in [3.8, 4) is 0 Å². The normalized spacial score (nSPS) is 10.9. The van der Waals surface area contributed by atoms with E-state index in [0.29, 0.717) is 0 Å². The molecule has 0 rings (SSSR count). The van der Waals surface area contributed by atoms with Gasteiger partial charge in [-0.3, -0.25) is 0 Å². The number of carbonyl (C=O) groups is 1. The zero-order chi connectivity index (χ0) is 11.2. The smallest absolute Gasteiger partial charge is 0.330 e. The summed E-state index contributed by atoms with van der Waals surface area (Å²) in [5, 5.41) is 0. The summed E-state index contributed by atoms with van der Waals surface area (Å²) in [6.45, 7) is 7.97. The lowest BCUT2D eigenvalue weighted by atomic mass is 9.93. The highest BCUT2D eigenvalue weighted by Crippen LogP contribution is 2.18. The number of esters is 1. The van der Waals surface area contributed by atoms with Crippen LogP contribution in [0.1, 0.15) is 27.7 Å². The van der Waals surface area contributed by atoms with E-state index in [4.69, 9.17) is 0 Å². The van der Waals surface area contributed by atoms with E-state index >= 15 is 0 Å². The van der Waals surface area contributed by atoms with Gasteiger partial charge in [-0.1, -0.05) is 19.9 Å². The van der Waals surface area contributed by atoms with E-state index in [1.54, 1.807) is 6.08 Å². The molecular formula is C12H18O2. The first-order valence-electron chi connectivity index (χ1n) is 4.55. The summed E-state index contributed by atoms with van der Waals surface area (Å²) < 4.78 is 4.51. The monoisotopic (exact) mass is 194 g/mol. The van der Waals surface area contributed by atoms with Crippen LogP contribution in [0.4, 0.5) is 0 Å². The summed E-state index contributed by atoms with van der Waals surface area (Å²) in [4.78, 5) is 10.8. The average molecular weight is 194 g/mol. The van der Waals surface area contributed by atoms with Gasteiger partial charge in [0.05, 0.1) is 7.11 Å². The number of ether oxygens (including phenoxy) is 1. The topological polar surface area (TPSA) is 26.3 Å². The van der Waals surface area contributed by atoms with Gasteiger partial charge in [-0.15, -0.1) is 5.73 Å². The van der Waals surface area contributed by atoms with Crippen molar-refractivity contribution in [3.05, 3.63) is 29.5 Å². The molecule has 0 aromatic carbocycles. The van der Waals surface area contributed by atoms with Gasteiger partial charge in [-0.25, -0.2) is 4.79 Å². The van der Waals surface area contributed by atoms with Gasteiger partial charge in [0.15, 0.2) is 0 Å². The number of allylic oxidation sites excluding steroid dienone is 2. The second-order valence-corrected chi connectivity index (χ2v) is 3.97. The third kappa shape index (κ3) is 6.27. The van der Waals surface area contributed by atoms with Crippen molar-refractivity contribution in [3.63, 3.8) is 0 Å². The van der Waals surface area contributed by atoms with Crippen molar-refractivity contribution < 1.29 is 9.53 Å². The summed E-state index contributed by atoms with van der Waals surface area (Å²) in [5.41, 5.74) is 4.06. The maximum absolute atomic E-state index is 10.8. The summed E-state index contributed by atoms with van der Waals surface area (Å²) >= 11 is 0. The highest BCUT2D eigenvalue weighted by atomic mass is 16.5. The standard InChI is InChI=1S/C12H18O2/c1-10(2)6-8-12(3,4)9-7-11(13)14-5/h7-9H,1-5H3/b9-7-. The van der Waals surface area contributed by atoms with Crippen molar-refractivity contribution in [2.45, 2.75) is 27.7 Å². The molecule has 2 heteroatoms. The highest BCUT2D eigenvalue weighted by molar-refractivity contribution is 5.81. The van der Waals surface area contributed by atoms with E-state index in [1.165, 1.54) is 13.2 Å². The average Bonchev–Trinajstić information content (AvgIpc) is 2.11. The molecule has 0 bridgehead atoms. The van der Waals surface area contributed by atoms with Gasteiger partial charge < -0.3 is 4.74 Å². The van der Waals surface area contributed by atoms with Gasteiger partial charge in [0.25, 0.3) is 0 Å². The molecule has 0 saturated heterocycles. The molecule has 0 spiro atoms. The Morgan fingerprint density at radius 3 is 2.36 bits per heavy atom. The molecular weight excluding hydrogens is 176 g/mol. The van der Waals surface area contributed by atoms with Gasteiger partial charge in [-0.05, 0) is 25.5 Å². The number of rotatable bonds is 3. The SMILES string of the molecule is COC(=O)/C=C\C(C)(C)C=C=C(C)C. The van der Waals surface area contributed by atoms with Crippen LogP contribution in [0.15, 0.2) is 29.5 Å². The van der Waals surface area contributed by atoms with Crippen LogP contribution in [0.2, 0.25) is 0 Å². The van der Waals surface area contributed by atoms with E-state index in [9.17, 15) is 4.79 Å². The van der Waals surface area contributed by atoms with E-state index in [2.05, 4.69) is 10.5 Å². The Hall–Kier alpha value is -1.27. The quantitative estimate of drug-likeness (QED) is 0.392. The lowest BCUT2D eigenvalue weighted by molar-refractivity contribution is -0.134. The number of hydrogen-bond acceptors (Lipinski definition) is 2. The third-order valence-corrected chi connectivity index (χ3v) is 1.58. The highest BCUT2D eigenvalue weighted by Gasteiger charge is 2.09. The number of carbonyl (C=O) groups excluding carboxylic acids is 1. The van der Waals surface area contributed by atoms with Crippen LogP contribution in [0.5, 0.6) is 0 Å². The predicted molar refractivity (Wildman–Crippen MR) is 57.9 cm³/mol. The lowest BCUT2D eigenvalue weighted by Gasteiger charge is -2.12. The molecule has 2 nitrogen and oxygen atoms in total. The Labute approximate surface area is 86.0 Å². The maximum atomic E-state index is 10.8. The van der Waals surface area contributed by atoms with Crippen molar-refractivity contribution in [1.29, 1.82) is 0 Å². The molecule has 0 aliphatic heterocycles. The van der Waals surface area contributed by atoms with Gasteiger partial charge in [0, 0.05) is 11.5 Å². The Kier molecular flexibility index (Phi) is 4.96. The number of hydrogen-bond donors (Lipinski definition) is 0. The summed E-state index contributed by atoms with van der Waals surface area (Å²) in [7, 11) is 1.37. The fourth-order valence-corrected chi connectivity index (χ4v) is 0.729. The van der Waals surface area contributed by atoms with Gasteiger partial charge >= 0.3 is 5.97 Å². The molecule has 0 amide bonds. The summed E-state index contributed by atoms with van der Waals surface area (Å²) in [6, 6.07) is 0. The molecule has 0 fully saturated rings. The first kappa shape index (κ1) is 12.7. The van der Waals surface area contributed by atoms with Gasteiger partial charge in [0.2, 0.25) is 0 Å². The molecule has 0 atom stereocenters. The molecule has 0 unspecified atom stereocenters. The van der Waals surface area contributed by atoms with Crippen LogP contribution in [0.25, 0.3) is 0 Å². The molecule has 0 aromatic heterocycles. The largest absolute Gasteiger partial charge is 0.466 e. The van der Waals surface area contributed by atoms with Crippen LogP contribution < -0.4 is 0 Å². The second kappa shape index (κ2) is 5.46. The molecule has 78 valence electrons. The molecule has 0 aliphatic carbocycles. The Morgan fingerprint density at radius 2 is 1.93 bits per heavy atom. The Balaban J connectivity index is 4.58. The van der Waals surface area contributed by atoms with E-state index in [1.807, 2.05) is 33.8 Å². The second-order valence-electron chi connectivity index (χ2n) is 3.97. The van der Waals surface area contributed by atoms with E-state index in [0.717, 1.165) is 5.57 Å². The van der Waals surface area contributed by atoms with Crippen LogP contribution in [-0.4, -0.2) is 13.1 Å². The van der Waals surface area contributed by atoms with E-state index in [-0.39, 0.29) is 11.4 Å². The van der Waals surface area contributed by atoms with Crippen LogP contribution in [0.3, 0.4) is 0 Å². The minimum Gasteiger partial charge on any atom is -0.466 e. The molecule has 14 heavy (non-hydrogen) atoms. The van der Waals surface area contributed by atoms with Crippen LogP contribution >= 0.6 is 0 Å². The van der Waals surface area contributed by atoms with Crippen LogP contribution in [-0.2, 0) is 9.53 Å². The minimum absolute atomic E-state index is 0.175. The molecule has 0 N–H and O–H groups in total. The van der Waals surface area contributed by atoms with Gasteiger partial charge in [0.1, 0.15) is 0 Å². The fourth-order valence-electron chi connectivity index (χ4n) is 0.729. The maximum Gasteiger partial charge on any atom is 0.330 e. The zero-order valence-corrected chi connectivity index (χ0v) is 9.55. The fraction of sp³-hybridized carbons (Fsp3) is 0.500. The zero-order valence-electron chi connectivity index (χ0n) is 9.55. The van der Waals surface area contributed by atoms with Gasteiger partial charge in [-0.2, -0.15) is 0 Å². The molecule has 0 heterocycles. The molecule has 0 saturated carbocycles. The van der Waals surface area contributed by atoms with Crippen molar-refractivity contribution in [1.82, 2.24) is 0 Å². The first-order chi connectivity index (χ1) is 6.37. The predicted octanol–water partition coefficient (Wildman–Crippen LogP) is 2.86. The summed E-state index contributed by atoms with van der Waals surface area (Å²) in [5.74, 6) is -0.330. The van der Waals surface area contributed by atoms with E-state index < -0.39 is 0 Å². The summed E-state index contributed by atoms with van der Waals surface area (Å²) in [6.07, 6.45) is 5.17. The van der Waals surface area contributed by atoms with Crippen LogP contribution in [0, 0.1) is 5.41 Å². The number of methoxy groups -OCH3 is 1.